The van der Waals surface area contributed by atoms with Crippen molar-refractivity contribution in [1.29, 1.82) is 0 Å². The summed E-state index contributed by atoms with van der Waals surface area (Å²) < 4.78 is 28.0. The van der Waals surface area contributed by atoms with E-state index in [1.807, 2.05) is 26.0 Å². The van der Waals surface area contributed by atoms with Gasteiger partial charge in [-0.15, -0.1) is 0 Å². The van der Waals surface area contributed by atoms with Crippen LogP contribution >= 0.6 is 0 Å². The Morgan fingerprint density at radius 3 is 2.73 bits per heavy atom. The number of aliphatic hydroxyl groups excluding tert-OH is 1. The van der Waals surface area contributed by atoms with Crippen LogP contribution in [-0.2, 0) is 4.79 Å². The third-order valence-corrected chi connectivity index (χ3v) is 5.95. The lowest BCUT2D eigenvalue weighted by molar-refractivity contribution is -0.119. The van der Waals surface area contributed by atoms with E-state index in [1.54, 1.807) is 23.0 Å². The van der Waals surface area contributed by atoms with Crippen molar-refractivity contribution in [2.75, 3.05) is 5.32 Å². The summed E-state index contributed by atoms with van der Waals surface area (Å²) in [5.74, 6) is -4.82. The van der Waals surface area contributed by atoms with Crippen LogP contribution in [0.4, 0.5) is 14.6 Å². The SMILES string of the molecule is CCC[C@@H](O)c1cc(C)c(-c2cc3cnc(NC(=O)C4CC4(F)F)cc3n3ncnc23)cn1. The normalized spacial score (nSPS) is 17.9. The number of fused-ring (bicyclic) bond motifs is 3. The fraction of sp³-hybridized carbons (Fsp3) is 0.348. The Morgan fingerprint density at radius 2 is 2.03 bits per heavy atom. The molecule has 0 saturated heterocycles. The van der Waals surface area contributed by atoms with E-state index in [1.165, 1.54) is 6.33 Å². The fourth-order valence-electron chi connectivity index (χ4n) is 4.01. The van der Waals surface area contributed by atoms with Crippen LogP contribution in [0.15, 0.2) is 36.9 Å². The van der Waals surface area contributed by atoms with Gasteiger partial charge in [-0.25, -0.2) is 23.3 Å². The first-order valence-electron chi connectivity index (χ1n) is 10.7. The lowest BCUT2D eigenvalue weighted by atomic mass is 10.00. The molecule has 33 heavy (non-hydrogen) atoms. The summed E-state index contributed by atoms with van der Waals surface area (Å²) >= 11 is 0. The Morgan fingerprint density at radius 1 is 1.24 bits per heavy atom. The number of nitrogens with zero attached hydrogens (tertiary/aromatic N) is 5. The van der Waals surface area contributed by atoms with Gasteiger partial charge in [-0.3, -0.25) is 9.78 Å². The highest BCUT2D eigenvalue weighted by molar-refractivity contribution is 5.97. The maximum Gasteiger partial charge on any atom is 0.260 e. The van der Waals surface area contributed by atoms with Crippen molar-refractivity contribution >= 4 is 28.3 Å². The number of anilines is 1. The Bertz CT molecular complexity index is 1390. The van der Waals surface area contributed by atoms with Crippen molar-refractivity contribution in [3.05, 3.63) is 48.2 Å². The predicted molar refractivity (Wildman–Crippen MR) is 118 cm³/mol. The second kappa shape index (κ2) is 7.80. The number of halogens is 2. The van der Waals surface area contributed by atoms with Crippen molar-refractivity contribution in [2.24, 2.45) is 5.92 Å². The summed E-state index contributed by atoms with van der Waals surface area (Å²) in [6.45, 7) is 3.95. The van der Waals surface area contributed by atoms with Crippen LogP contribution in [0.5, 0.6) is 0 Å². The van der Waals surface area contributed by atoms with Gasteiger partial charge in [0.25, 0.3) is 5.92 Å². The molecule has 8 nitrogen and oxygen atoms in total. The highest BCUT2D eigenvalue weighted by Gasteiger charge is 2.61. The van der Waals surface area contributed by atoms with E-state index in [4.69, 9.17) is 0 Å². The van der Waals surface area contributed by atoms with Gasteiger partial charge in [-0.1, -0.05) is 13.3 Å². The van der Waals surface area contributed by atoms with E-state index < -0.39 is 30.3 Å². The molecule has 4 heterocycles. The minimum atomic E-state index is -2.94. The van der Waals surface area contributed by atoms with Crippen LogP contribution in [-0.4, -0.2) is 41.5 Å². The molecule has 2 N–H and O–H groups in total. The number of alkyl halides is 2. The van der Waals surface area contributed by atoms with Crippen LogP contribution in [0.25, 0.3) is 27.7 Å². The highest BCUT2D eigenvalue weighted by Crippen LogP contribution is 2.49. The molecule has 4 aromatic heterocycles. The molecule has 5 rings (SSSR count). The molecule has 1 amide bonds. The summed E-state index contributed by atoms with van der Waals surface area (Å²) in [6.07, 6.45) is 5.14. The smallest absolute Gasteiger partial charge is 0.260 e. The maximum absolute atomic E-state index is 13.2. The van der Waals surface area contributed by atoms with Gasteiger partial charge >= 0.3 is 0 Å². The van der Waals surface area contributed by atoms with E-state index in [2.05, 4.69) is 25.4 Å². The molecule has 1 unspecified atom stereocenters. The number of aryl methyl sites for hydroxylation is 1. The summed E-state index contributed by atoms with van der Waals surface area (Å²) in [4.78, 5) is 25.1. The first kappa shape index (κ1) is 21.3. The van der Waals surface area contributed by atoms with Crippen molar-refractivity contribution in [3.8, 4) is 11.1 Å². The number of rotatable bonds is 6. The molecule has 10 heteroatoms. The molecule has 4 aromatic rings. The summed E-state index contributed by atoms with van der Waals surface area (Å²) in [6, 6.07) is 5.37. The summed E-state index contributed by atoms with van der Waals surface area (Å²) in [7, 11) is 0. The molecule has 0 spiro atoms. The third kappa shape index (κ3) is 3.80. The molecular weight excluding hydrogens is 430 g/mol. The number of carbonyl (C=O) groups excluding carboxylic acids is 1. The van der Waals surface area contributed by atoms with Gasteiger partial charge in [0.05, 0.1) is 17.3 Å². The molecule has 0 radical (unpaired) electrons. The monoisotopic (exact) mass is 452 g/mol. The van der Waals surface area contributed by atoms with Gasteiger partial charge in [-0.05, 0) is 31.0 Å². The minimum absolute atomic E-state index is 0.173. The lowest BCUT2D eigenvalue weighted by Gasteiger charge is -2.14. The summed E-state index contributed by atoms with van der Waals surface area (Å²) in [5, 5.41) is 17.8. The van der Waals surface area contributed by atoms with Crippen LogP contribution in [0.3, 0.4) is 0 Å². The van der Waals surface area contributed by atoms with Crippen molar-refractivity contribution in [2.45, 2.75) is 45.1 Å². The quantitative estimate of drug-likeness (QED) is 0.457. The van der Waals surface area contributed by atoms with E-state index in [0.29, 0.717) is 23.3 Å². The highest BCUT2D eigenvalue weighted by atomic mass is 19.3. The molecule has 0 aliphatic heterocycles. The van der Waals surface area contributed by atoms with Gasteiger partial charge in [0.1, 0.15) is 18.1 Å². The molecule has 1 saturated carbocycles. The molecule has 0 aromatic carbocycles. The summed E-state index contributed by atoms with van der Waals surface area (Å²) in [5.41, 5.74) is 4.39. The zero-order chi connectivity index (χ0) is 23.3. The predicted octanol–water partition coefficient (Wildman–Crippen LogP) is 4.08. The van der Waals surface area contributed by atoms with Crippen LogP contribution < -0.4 is 5.32 Å². The average Bonchev–Trinajstić information content (AvgIpc) is 3.18. The molecule has 170 valence electrons. The number of hydrogen-bond donors (Lipinski definition) is 2. The molecular formula is C23H22F2N6O2. The number of carbonyl (C=O) groups is 1. The number of aliphatic hydroxyl groups is 1. The first-order valence-corrected chi connectivity index (χ1v) is 10.7. The van der Waals surface area contributed by atoms with Gasteiger partial charge < -0.3 is 10.4 Å². The molecule has 2 atom stereocenters. The molecule has 1 aliphatic carbocycles. The Hall–Kier alpha value is -3.53. The molecule has 1 aliphatic rings. The minimum Gasteiger partial charge on any atom is -0.387 e. The second-order valence-corrected chi connectivity index (χ2v) is 8.42. The van der Waals surface area contributed by atoms with Gasteiger partial charge in [0, 0.05) is 41.4 Å². The van der Waals surface area contributed by atoms with E-state index in [9.17, 15) is 18.7 Å². The van der Waals surface area contributed by atoms with Crippen LogP contribution in [0, 0.1) is 12.8 Å². The van der Waals surface area contributed by atoms with Gasteiger partial charge in [-0.2, -0.15) is 5.10 Å². The number of aromatic nitrogens is 5. The number of nitrogens with one attached hydrogen (secondary N) is 1. The lowest BCUT2D eigenvalue weighted by Crippen LogP contribution is -2.18. The Kier molecular flexibility index (Phi) is 5.04. The average molecular weight is 452 g/mol. The number of pyridine rings is 3. The van der Waals surface area contributed by atoms with Gasteiger partial charge in [0.15, 0.2) is 5.65 Å². The van der Waals surface area contributed by atoms with Crippen LogP contribution in [0.2, 0.25) is 0 Å². The zero-order valence-electron chi connectivity index (χ0n) is 18.1. The number of hydrogen-bond acceptors (Lipinski definition) is 6. The Labute approximate surface area is 187 Å². The topological polar surface area (TPSA) is 105 Å². The Balaban J connectivity index is 1.54. The van der Waals surface area contributed by atoms with E-state index >= 15 is 0 Å². The first-order chi connectivity index (χ1) is 15.8. The van der Waals surface area contributed by atoms with Gasteiger partial charge in [0.2, 0.25) is 5.91 Å². The second-order valence-electron chi connectivity index (χ2n) is 8.42. The molecule has 1 fully saturated rings. The van der Waals surface area contributed by atoms with Crippen LogP contribution in [0.1, 0.15) is 43.5 Å². The third-order valence-electron chi connectivity index (χ3n) is 5.95. The van der Waals surface area contributed by atoms with Crippen molar-refractivity contribution < 1.29 is 18.7 Å². The van der Waals surface area contributed by atoms with E-state index in [-0.39, 0.29) is 5.82 Å². The molecule has 0 bridgehead atoms. The van der Waals surface area contributed by atoms with Crippen molar-refractivity contribution in [3.63, 3.8) is 0 Å². The van der Waals surface area contributed by atoms with Crippen molar-refractivity contribution in [1.82, 2.24) is 24.6 Å². The standard InChI is InChI=1S/C23H22F2N6O2/c1-3-4-19(32)17-5-12(2)15(10-26-17)14-6-13-9-27-20(30-22(33)16-8-23(16,24)25)7-18(13)31-21(14)28-11-29-31/h5-7,9-11,16,19,32H,3-4,8H2,1-2H3,(H,27,30,33)/t16?,19-/m1/s1. The zero-order valence-corrected chi connectivity index (χ0v) is 18.1. The fourth-order valence-corrected chi connectivity index (χ4v) is 4.01. The maximum atomic E-state index is 13.2. The number of amides is 1. The van der Waals surface area contributed by atoms with E-state index in [0.717, 1.165) is 28.5 Å². The largest absolute Gasteiger partial charge is 0.387 e.